The first-order chi connectivity index (χ1) is 17.4. The van der Waals surface area contributed by atoms with Crippen molar-refractivity contribution in [1.82, 2.24) is 15.1 Å². The molecule has 0 aliphatic carbocycles. The van der Waals surface area contributed by atoms with Gasteiger partial charge in [-0.25, -0.2) is 0 Å². The second kappa shape index (κ2) is 11.7. The molecule has 1 aromatic carbocycles. The highest BCUT2D eigenvalue weighted by molar-refractivity contribution is 5.99. The Hall–Kier alpha value is -2.45. The Bertz CT molecular complexity index is 928. The summed E-state index contributed by atoms with van der Waals surface area (Å²) in [5, 5.41) is 3.01. The van der Waals surface area contributed by atoms with Gasteiger partial charge in [0.15, 0.2) is 5.78 Å². The topological polar surface area (TPSA) is 82.2 Å². The van der Waals surface area contributed by atoms with Gasteiger partial charge in [-0.05, 0) is 43.1 Å². The van der Waals surface area contributed by atoms with Gasteiger partial charge in [0.1, 0.15) is 18.7 Å². The number of fused-ring (bicyclic) bond motifs is 1. The van der Waals surface area contributed by atoms with Crippen LogP contribution in [-0.4, -0.2) is 91.5 Å². The smallest absolute Gasteiger partial charge is 0.251 e. The molecular formula is C28H42N4O4. The van der Waals surface area contributed by atoms with Crippen molar-refractivity contribution < 1.29 is 19.1 Å². The summed E-state index contributed by atoms with van der Waals surface area (Å²) in [6.07, 6.45) is 2.41. The number of rotatable bonds is 9. The minimum Gasteiger partial charge on any atom is -0.369 e. The molecular weight excluding hydrogens is 456 g/mol. The maximum atomic E-state index is 13.8. The number of likely N-dealkylation sites (N-methyl/N-ethyl adjacent to an activating group) is 1. The standard InChI is InChI=1S/C28H42N4O4/c1-5-8-21-17-32(25-23(33)18-36-26(21)25)28(35)24(19(4)6-2)29-27(34)20-9-11-22(12-10-20)31-15-13-30(7-3)14-16-31/h9-12,19,21,24-26H,5-8,13-18H2,1-4H3,(H,29,34)/t19-,21+,24-,25+,26+/m0/s1. The lowest BCUT2D eigenvalue weighted by Crippen LogP contribution is -2.54. The molecule has 5 atom stereocenters. The van der Waals surface area contributed by atoms with Crippen LogP contribution >= 0.6 is 0 Å². The van der Waals surface area contributed by atoms with Gasteiger partial charge in [0.05, 0.1) is 6.10 Å². The van der Waals surface area contributed by atoms with Crippen LogP contribution in [0.3, 0.4) is 0 Å². The number of piperazine rings is 1. The molecule has 0 saturated carbocycles. The molecule has 8 nitrogen and oxygen atoms in total. The Labute approximate surface area is 215 Å². The molecule has 1 N–H and O–H groups in total. The molecule has 2 amide bonds. The Morgan fingerprint density at radius 2 is 1.78 bits per heavy atom. The van der Waals surface area contributed by atoms with E-state index in [-0.39, 0.29) is 42.1 Å². The van der Waals surface area contributed by atoms with Gasteiger partial charge in [-0.15, -0.1) is 0 Å². The van der Waals surface area contributed by atoms with E-state index in [2.05, 4.69) is 29.0 Å². The number of ketones is 1. The van der Waals surface area contributed by atoms with E-state index in [9.17, 15) is 14.4 Å². The summed E-state index contributed by atoms with van der Waals surface area (Å²) in [6.45, 7) is 14.0. The minimum atomic E-state index is -0.682. The number of hydrogen-bond donors (Lipinski definition) is 1. The highest BCUT2D eigenvalue weighted by atomic mass is 16.5. The summed E-state index contributed by atoms with van der Waals surface area (Å²) >= 11 is 0. The summed E-state index contributed by atoms with van der Waals surface area (Å²) in [6, 6.07) is 6.46. The molecule has 0 radical (unpaired) electrons. The van der Waals surface area contributed by atoms with Crippen molar-refractivity contribution in [1.29, 1.82) is 0 Å². The molecule has 3 heterocycles. The summed E-state index contributed by atoms with van der Waals surface area (Å²) < 4.78 is 5.79. The molecule has 0 aromatic heterocycles. The van der Waals surface area contributed by atoms with Crippen LogP contribution in [0.2, 0.25) is 0 Å². The number of nitrogens with one attached hydrogen (secondary N) is 1. The molecule has 198 valence electrons. The lowest BCUT2D eigenvalue weighted by molar-refractivity contribution is -0.139. The lowest BCUT2D eigenvalue weighted by Gasteiger charge is -2.35. The van der Waals surface area contributed by atoms with E-state index < -0.39 is 12.1 Å². The molecule has 0 unspecified atom stereocenters. The van der Waals surface area contributed by atoms with Crippen LogP contribution in [0, 0.1) is 11.8 Å². The molecule has 8 heteroatoms. The average Bonchev–Trinajstić information content (AvgIpc) is 3.47. The van der Waals surface area contributed by atoms with Gasteiger partial charge >= 0.3 is 0 Å². The zero-order valence-electron chi connectivity index (χ0n) is 22.2. The van der Waals surface area contributed by atoms with Crippen molar-refractivity contribution in [2.75, 3.05) is 50.8 Å². The van der Waals surface area contributed by atoms with Crippen molar-refractivity contribution in [2.24, 2.45) is 11.8 Å². The molecule has 36 heavy (non-hydrogen) atoms. The summed E-state index contributed by atoms with van der Waals surface area (Å²) in [5.74, 6) is -0.356. The second-order valence-electron chi connectivity index (χ2n) is 10.5. The monoisotopic (exact) mass is 498 g/mol. The van der Waals surface area contributed by atoms with Crippen LogP contribution in [-0.2, 0) is 14.3 Å². The number of benzene rings is 1. The zero-order valence-corrected chi connectivity index (χ0v) is 22.2. The first-order valence-corrected chi connectivity index (χ1v) is 13.7. The number of carbonyl (C=O) groups is 3. The quantitative estimate of drug-likeness (QED) is 0.564. The summed E-state index contributed by atoms with van der Waals surface area (Å²) in [7, 11) is 0. The van der Waals surface area contributed by atoms with Crippen LogP contribution in [0.5, 0.6) is 0 Å². The normalized spacial score (nSPS) is 26.1. The maximum Gasteiger partial charge on any atom is 0.251 e. The first kappa shape index (κ1) is 26.6. The first-order valence-electron chi connectivity index (χ1n) is 13.7. The van der Waals surface area contributed by atoms with Crippen LogP contribution in [0.25, 0.3) is 0 Å². The van der Waals surface area contributed by atoms with E-state index in [1.807, 2.05) is 38.1 Å². The zero-order chi connectivity index (χ0) is 25.8. The number of carbonyl (C=O) groups excluding carboxylic acids is 3. The van der Waals surface area contributed by atoms with Gasteiger partial charge in [-0.1, -0.05) is 40.5 Å². The molecule has 3 aliphatic heterocycles. The molecule has 3 saturated heterocycles. The van der Waals surface area contributed by atoms with Gasteiger partial charge in [0.2, 0.25) is 5.91 Å². The fraction of sp³-hybridized carbons (Fsp3) is 0.679. The van der Waals surface area contributed by atoms with Crippen LogP contribution in [0.4, 0.5) is 5.69 Å². The Kier molecular flexibility index (Phi) is 8.67. The Balaban J connectivity index is 1.45. The number of amides is 2. The Morgan fingerprint density at radius 3 is 2.39 bits per heavy atom. The van der Waals surface area contributed by atoms with Crippen molar-refractivity contribution >= 4 is 23.3 Å². The van der Waals surface area contributed by atoms with Crippen LogP contribution in [0.15, 0.2) is 24.3 Å². The number of likely N-dealkylation sites (tertiary alicyclic amines) is 1. The van der Waals surface area contributed by atoms with Crippen molar-refractivity contribution in [3.63, 3.8) is 0 Å². The van der Waals surface area contributed by atoms with E-state index in [0.717, 1.165) is 57.7 Å². The molecule has 3 fully saturated rings. The fourth-order valence-electron chi connectivity index (χ4n) is 5.84. The number of hydrogen-bond acceptors (Lipinski definition) is 6. The summed E-state index contributed by atoms with van der Waals surface area (Å²) in [4.78, 5) is 46.1. The van der Waals surface area contributed by atoms with E-state index in [0.29, 0.717) is 12.1 Å². The number of ether oxygens (including phenoxy) is 1. The molecule has 3 aliphatic rings. The molecule has 1 aromatic rings. The number of nitrogens with zero attached hydrogens (tertiary/aromatic N) is 3. The largest absolute Gasteiger partial charge is 0.369 e. The summed E-state index contributed by atoms with van der Waals surface area (Å²) in [5.41, 5.74) is 1.65. The maximum absolute atomic E-state index is 13.8. The number of Topliss-reactive ketones (excluding diaryl/α,β-unsaturated/α-hetero) is 1. The van der Waals surface area contributed by atoms with Gasteiger partial charge in [0.25, 0.3) is 5.91 Å². The van der Waals surface area contributed by atoms with Gasteiger partial charge in [-0.3, -0.25) is 14.4 Å². The third kappa shape index (κ3) is 5.44. The highest BCUT2D eigenvalue weighted by Crippen LogP contribution is 2.35. The van der Waals surface area contributed by atoms with Gasteiger partial charge in [0, 0.05) is 49.9 Å². The predicted octanol–water partition coefficient (Wildman–Crippen LogP) is 2.57. The van der Waals surface area contributed by atoms with E-state index in [1.54, 1.807) is 4.90 Å². The van der Waals surface area contributed by atoms with Crippen molar-refractivity contribution in [3.05, 3.63) is 29.8 Å². The van der Waals surface area contributed by atoms with Crippen molar-refractivity contribution in [2.45, 2.75) is 65.1 Å². The fourth-order valence-corrected chi connectivity index (χ4v) is 5.84. The SMILES string of the molecule is CCC[C@@H]1CN(C(=O)[C@@H](NC(=O)c2ccc(N3CCN(CC)CC3)cc2)[C@@H](C)CC)[C@@H]2C(=O)CO[C@H]12. The predicted molar refractivity (Wildman–Crippen MR) is 140 cm³/mol. The second-order valence-corrected chi connectivity index (χ2v) is 10.5. The Morgan fingerprint density at radius 1 is 1.08 bits per heavy atom. The van der Waals surface area contributed by atoms with Crippen LogP contribution in [0.1, 0.15) is 57.3 Å². The van der Waals surface area contributed by atoms with E-state index in [1.165, 1.54) is 0 Å². The van der Waals surface area contributed by atoms with E-state index in [4.69, 9.17) is 4.74 Å². The van der Waals surface area contributed by atoms with Gasteiger partial charge in [-0.2, -0.15) is 0 Å². The lowest BCUT2D eigenvalue weighted by atomic mass is 9.96. The number of anilines is 1. The molecule has 0 bridgehead atoms. The van der Waals surface area contributed by atoms with Crippen molar-refractivity contribution in [3.8, 4) is 0 Å². The third-order valence-electron chi connectivity index (χ3n) is 8.31. The minimum absolute atomic E-state index is 0.0310. The average molecular weight is 499 g/mol. The van der Waals surface area contributed by atoms with E-state index >= 15 is 0 Å². The van der Waals surface area contributed by atoms with Crippen LogP contribution < -0.4 is 10.2 Å². The van der Waals surface area contributed by atoms with Gasteiger partial charge < -0.3 is 24.8 Å². The molecule has 4 rings (SSSR count). The third-order valence-corrected chi connectivity index (χ3v) is 8.31. The molecule has 0 spiro atoms. The highest BCUT2D eigenvalue weighted by Gasteiger charge is 2.52.